The Labute approximate surface area is 121 Å². The SMILES string of the molecule is CC(O)(CNc1nnnn1-c1ccccc1)c1ccco1. The highest BCUT2D eigenvalue weighted by atomic mass is 16.4. The van der Waals surface area contributed by atoms with Crippen LogP contribution in [-0.4, -0.2) is 31.9 Å². The van der Waals surface area contributed by atoms with Gasteiger partial charge in [-0.25, -0.2) is 0 Å². The fraction of sp³-hybridized carbons (Fsp3) is 0.214. The molecule has 0 aliphatic heterocycles. The molecule has 2 heterocycles. The highest BCUT2D eigenvalue weighted by molar-refractivity contribution is 5.38. The average molecular weight is 285 g/mol. The summed E-state index contributed by atoms with van der Waals surface area (Å²) in [5.74, 6) is 0.932. The molecular weight excluding hydrogens is 270 g/mol. The van der Waals surface area contributed by atoms with Crippen molar-refractivity contribution >= 4 is 5.95 Å². The number of anilines is 1. The van der Waals surface area contributed by atoms with Gasteiger partial charge in [0.05, 0.1) is 18.5 Å². The largest absolute Gasteiger partial charge is 0.466 e. The lowest BCUT2D eigenvalue weighted by molar-refractivity contribution is 0.0474. The van der Waals surface area contributed by atoms with Crippen LogP contribution in [0.4, 0.5) is 5.95 Å². The molecule has 0 aliphatic rings. The Kier molecular flexibility index (Phi) is 3.41. The van der Waals surface area contributed by atoms with Crippen molar-refractivity contribution in [1.29, 1.82) is 0 Å². The zero-order valence-corrected chi connectivity index (χ0v) is 11.5. The van der Waals surface area contributed by atoms with E-state index in [0.29, 0.717) is 11.7 Å². The number of hydrogen-bond donors (Lipinski definition) is 2. The summed E-state index contributed by atoms with van der Waals surface area (Å²) in [5, 5.41) is 25.0. The molecule has 0 aliphatic carbocycles. The van der Waals surface area contributed by atoms with Gasteiger partial charge >= 0.3 is 0 Å². The number of furan rings is 1. The summed E-state index contributed by atoms with van der Waals surface area (Å²) >= 11 is 0. The average Bonchev–Trinajstić information content (AvgIpc) is 3.18. The van der Waals surface area contributed by atoms with Crippen LogP contribution in [0.5, 0.6) is 0 Å². The highest BCUT2D eigenvalue weighted by Crippen LogP contribution is 2.21. The van der Waals surface area contributed by atoms with E-state index in [1.54, 1.807) is 23.7 Å². The molecule has 0 radical (unpaired) electrons. The second-order valence-corrected chi connectivity index (χ2v) is 4.85. The molecular formula is C14H15N5O2. The molecule has 1 aromatic carbocycles. The Morgan fingerprint density at radius 2 is 2.05 bits per heavy atom. The summed E-state index contributed by atoms with van der Waals surface area (Å²) < 4.78 is 6.80. The summed E-state index contributed by atoms with van der Waals surface area (Å²) in [7, 11) is 0. The molecule has 0 spiro atoms. The van der Waals surface area contributed by atoms with Crippen LogP contribution in [0.1, 0.15) is 12.7 Å². The standard InChI is InChI=1S/C14H15N5O2/c1-14(20,12-8-5-9-21-12)10-15-13-16-17-18-19(13)11-6-3-2-4-7-11/h2-9,20H,10H2,1H3,(H,15,16,18). The van der Waals surface area contributed by atoms with Gasteiger partial charge < -0.3 is 14.8 Å². The van der Waals surface area contributed by atoms with Gasteiger partial charge in [-0.05, 0) is 41.6 Å². The lowest BCUT2D eigenvalue weighted by atomic mass is 10.0. The second kappa shape index (κ2) is 5.37. The number of nitrogens with zero attached hydrogens (tertiary/aromatic N) is 4. The molecule has 3 rings (SSSR count). The van der Waals surface area contributed by atoms with Crippen molar-refractivity contribution in [1.82, 2.24) is 20.2 Å². The Morgan fingerprint density at radius 3 is 2.76 bits per heavy atom. The molecule has 3 aromatic rings. The van der Waals surface area contributed by atoms with Crippen LogP contribution >= 0.6 is 0 Å². The van der Waals surface area contributed by atoms with E-state index in [4.69, 9.17) is 4.42 Å². The lowest BCUT2D eigenvalue weighted by Gasteiger charge is -2.21. The number of benzene rings is 1. The quantitative estimate of drug-likeness (QED) is 0.739. The molecule has 0 saturated heterocycles. The first-order chi connectivity index (χ1) is 10.2. The predicted octanol–water partition coefficient (Wildman–Crippen LogP) is 1.57. The van der Waals surface area contributed by atoms with Gasteiger partial charge in [-0.15, -0.1) is 0 Å². The first-order valence-electron chi connectivity index (χ1n) is 6.51. The number of aliphatic hydroxyl groups is 1. The van der Waals surface area contributed by atoms with E-state index < -0.39 is 5.60 Å². The van der Waals surface area contributed by atoms with Gasteiger partial charge in [-0.3, -0.25) is 0 Å². The molecule has 1 unspecified atom stereocenters. The zero-order chi connectivity index (χ0) is 14.7. The fourth-order valence-electron chi connectivity index (χ4n) is 1.96. The summed E-state index contributed by atoms with van der Waals surface area (Å²) in [5.41, 5.74) is -0.320. The Balaban J connectivity index is 1.77. The Hall–Kier alpha value is -2.67. The third kappa shape index (κ3) is 2.77. The maximum atomic E-state index is 10.4. The Morgan fingerprint density at radius 1 is 1.24 bits per heavy atom. The minimum absolute atomic E-state index is 0.216. The van der Waals surface area contributed by atoms with Crippen LogP contribution in [0.25, 0.3) is 5.69 Å². The van der Waals surface area contributed by atoms with Crippen molar-refractivity contribution in [2.45, 2.75) is 12.5 Å². The first kappa shape index (κ1) is 13.3. The third-order valence-corrected chi connectivity index (χ3v) is 3.11. The van der Waals surface area contributed by atoms with Crippen molar-refractivity contribution in [2.24, 2.45) is 0 Å². The summed E-state index contributed by atoms with van der Waals surface area (Å²) in [4.78, 5) is 0. The summed E-state index contributed by atoms with van der Waals surface area (Å²) in [6.07, 6.45) is 1.53. The van der Waals surface area contributed by atoms with E-state index in [1.807, 2.05) is 30.3 Å². The fourth-order valence-corrected chi connectivity index (χ4v) is 1.96. The lowest BCUT2D eigenvalue weighted by Crippen LogP contribution is -2.31. The van der Waals surface area contributed by atoms with Crippen LogP contribution in [0, 0.1) is 0 Å². The van der Waals surface area contributed by atoms with Gasteiger partial charge in [0.2, 0.25) is 5.95 Å². The van der Waals surface area contributed by atoms with Gasteiger partial charge in [0.25, 0.3) is 0 Å². The van der Waals surface area contributed by atoms with Crippen LogP contribution in [0.3, 0.4) is 0 Å². The van der Waals surface area contributed by atoms with Crippen molar-refractivity contribution in [3.05, 3.63) is 54.5 Å². The molecule has 21 heavy (non-hydrogen) atoms. The third-order valence-electron chi connectivity index (χ3n) is 3.11. The van der Waals surface area contributed by atoms with E-state index in [2.05, 4.69) is 20.8 Å². The van der Waals surface area contributed by atoms with Crippen molar-refractivity contribution in [2.75, 3.05) is 11.9 Å². The molecule has 0 bridgehead atoms. The minimum Gasteiger partial charge on any atom is -0.466 e. The van der Waals surface area contributed by atoms with Crippen LogP contribution in [0.15, 0.2) is 53.1 Å². The molecule has 108 valence electrons. The van der Waals surface area contributed by atoms with Crippen LogP contribution in [-0.2, 0) is 5.60 Å². The Bertz CT molecular complexity index is 691. The number of tetrazole rings is 1. The minimum atomic E-state index is -1.16. The van der Waals surface area contributed by atoms with Gasteiger partial charge in [-0.1, -0.05) is 23.3 Å². The first-order valence-corrected chi connectivity index (χ1v) is 6.51. The number of rotatable bonds is 5. The predicted molar refractivity (Wildman–Crippen MR) is 75.9 cm³/mol. The second-order valence-electron chi connectivity index (χ2n) is 4.85. The van der Waals surface area contributed by atoms with Crippen LogP contribution in [0.2, 0.25) is 0 Å². The molecule has 2 N–H and O–H groups in total. The van der Waals surface area contributed by atoms with Crippen LogP contribution < -0.4 is 5.32 Å². The topological polar surface area (TPSA) is 89.0 Å². The van der Waals surface area contributed by atoms with E-state index in [9.17, 15) is 5.11 Å². The monoisotopic (exact) mass is 285 g/mol. The highest BCUT2D eigenvalue weighted by Gasteiger charge is 2.26. The number of hydrogen-bond acceptors (Lipinski definition) is 6. The molecule has 0 fully saturated rings. The van der Waals surface area contributed by atoms with E-state index >= 15 is 0 Å². The number of aromatic nitrogens is 4. The normalized spacial score (nSPS) is 13.8. The number of para-hydroxylation sites is 1. The smallest absolute Gasteiger partial charge is 0.247 e. The van der Waals surface area contributed by atoms with E-state index in [0.717, 1.165) is 5.69 Å². The van der Waals surface area contributed by atoms with Gasteiger partial charge in [-0.2, -0.15) is 4.68 Å². The molecule has 7 heteroatoms. The molecule has 7 nitrogen and oxygen atoms in total. The van der Waals surface area contributed by atoms with Gasteiger partial charge in [0, 0.05) is 0 Å². The van der Waals surface area contributed by atoms with E-state index in [-0.39, 0.29) is 6.54 Å². The van der Waals surface area contributed by atoms with Crippen molar-refractivity contribution in [3.63, 3.8) is 0 Å². The molecule has 1 atom stereocenters. The van der Waals surface area contributed by atoms with Gasteiger partial charge in [0.1, 0.15) is 11.4 Å². The molecule has 0 amide bonds. The molecule has 2 aromatic heterocycles. The van der Waals surface area contributed by atoms with Crippen molar-refractivity contribution in [3.8, 4) is 5.69 Å². The van der Waals surface area contributed by atoms with E-state index in [1.165, 1.54) is 6.26 Å². The maximum Gasteiger partial charge on any atom is 0.247 e. The maximum absolute atomic E-state index is 10.4. The van der Waals surface area contributed by atoms with Gasteiger partial charge in [0.15, 0.2) is 0 Å². The summed E-state index contributed by atoms with van der Waals surface area (Å²) in [6, 6.07) is 13.0. The zero-order valence-electron chi connectivity index (χ0n) is 11.5. The van der Waals surface area contributed by atoms with Crippen molar-refractivity contribution < 1.29 is 9.52 Å². The summed E-state index contributed by atoms with van der Waals surface area (Å²) in [6.45, 7) is 1.88. The molecule has 0 saturated carbocycles. The number of nitrogens with one attached hydrogen (secondary N) is 1.